The number of rotatable bonds is 6. The minimum absolute atomic E-state index is 0.130. The number of amides is 2. The topological polar surface area (TPSA) is 58.2 Å². The molecule has 4 nitrogen and oxygen atoms in total. The van der Waals surface area contributed by atoms with Gasteiger partial charge < -0.3 is 10.6 Å². The van der Waals surface area contributed by atoms with Crippen molar-refractivity contribution in [2.45, 2.75) is 33.1 Å². The number of hydrogen-bond donors (Lipinski definition) is 2. The Morgan fingerprint density at radius 1 is 0.958 bits per heavy atom. The van der Waals surface area contributed by atoms with Gasteiger partial charge >= 0.3 is 0 Å². The Hall–Kier alpha value is -2.62. The summed E-state index contributed by atoms with van der Waals surface area (Å²) in [6.07, 6.45) is 0.883. The van der Waals surface area contributed by atoms with Crippen LogP contribution in [0.1, 0.15) is 59.4 Å². The van der Waals surface area contributed by atoms with E-state index in [9.17, 15) is 9.59 Å². The molecule has 0 fully saturated rings. The minimum atomic E-state index is -0.184. The molecule has 2 aromatic rings. The quantitative estimate of drug-likeness (QED) is 0.836. The van der Waals surface area contributed by atoms with Crippen LogP contribution in [0, 0.1) is 0 Å². The van der Waals surface area contributed by atoms with Gasteiger partial charge in [0.05, 0.1) is 0 Å². The van der Waals surface area contributed by atoms with Crippen LogP contribution in [0.2, 0.25) is 0 Å². The van der Waals surface area contributed by atoms with E-state index in [2.05, 4.69) is 24.5 Å². The molecule has 0 saturated heterocycles. The van der Waals surface area contributed by atoms with Crippen molar-refractivity contribution >= 4 is 17.5 Å². The van der Waals surface area contributed by atoms with E-state index in [-0.39, 0.29) is 11.8 Å². The van der Waals surface area contributed by atoms with Crippen molar-refractivity contribution in [3.05, 3.63) is 65.2 Å². The third-order valence-electron chi connectivity index (χ3n) is 3.76. The van der Waals surface area contributed by atoms with Crippen molar-refractivity contribution in [1.82, 2.24) is 5.32 Å². The lowest BCUT2D eigenvalue weighted by molar-refractivity contribution is 0.0952. The first-order chi connectivity index (χ1) is 11.5. The molecule has 0 bridgehead atoms. The van der Waals surface area contributed by atoms with E-state index in [0.29, 0.717) is 29.3 Å². The van der Waals surface area contributed by atoms with Gasteiger partial charge in [0.1, 0.15) is 0 Å². The molecular weight excluding hydrogens is 300 g/mol. The molecule has 0 aliphatic carbocycles. The highest BCUT2D eigenvalue weighted by Crippen LogP contribution is 2.16. The molecule has 0 saturated carbocycles. The molecule has 0 aromatic heterocycles. The first kappa shape index (κ1) is 17.7. The normalized spacial score (nSPS) is 10.5. The molecule has 0 unspecified atom stereocenters. The van der Waals surface area contributed by atoms with Gasteiger partial charge in [-0.1, -0.05) is 39.0 Å². The van der Waals surface area contributed by atoms with Crippen LogP contribution < -0.4 is 10.6 Å². The summed E-state index contributed by atoms with van der Waals surface area (Å²) in [5, 5.41) is 5.67. The van der Waals surface area contributed by atoms with Crippen LogP contribution in [0.4, 0.5) is 5.69 Å². The van der Waals surface area contributed by atoms with Crippen LogP contribution in [-0.2, 0) is 0 Å². The lowest BCUT2D eigenvalue weighted by atomic mass is 10.0. The van der Waals surface area contributed by atoms with Gasteiger partial charge in [-0.2, -0.15) is 0 Å². The fourth-order valence-electron chi connectivity index (χ4n) is 2.30. The Labute approximate surface area is 143 Å². The Morgan fingerprint density at radius 2 is 1.67 bits per heavy atom. The molecule has 4 heteroatoms. The Kier molecular flexibility index (Phi) is 6.13. The zero-order valence-electron chi connectivity index (χ0n) is 14.4. The third kappa shape index (κ3) is 4.69. The number of carbonyl (C=O) groups excluding carboxylic acids is 2. The third-order valence-corrected chi connectivity index (χ3v) is 3.76. The zero-order valence-corrected chi connectivity index (χ0v) is 14.4. The maximum Gasteiger partial charge on any atom is 0.255 e. The fraction of sp³-hybridized carbons (Fsp3) is 0.300. The molecule has 2 aromatic carbocycles. The first-order valence-electron chi connectivity index (χ1n) is 8.31. The zero-order chi connectivity index (χ0) is 17.5. The van der Waals surface area contributed by atoms with Crippen molar-refractivity contribution in [3.8, 4) is 0 Å². The van der Waals surface area contributed by atoms with Crippen molar-refractivity contribution in [2.75, 3.05) is 11.9 Å². The summed E-state index contributed by atoms with van der Waals surface area (Å²) >= 11 is 0. The second-order valence-corrected chi connectivity index (χ2v) is 6.07. The summed E-state index contributed by atoms with van der Waals surface area (Å²) in [7, 11) is 0. The SMILES string of the molecule is CCCNC(=O)c1cccc(NC(=O)c2ccc(C(C)C)cc2)c1. The molecule has 0 atom stereocenters. The molecular formula is C20H24N2O2. The predicted octanol–water partition coefficient (Wildman–Crippen LogP) is 4.20. The summed E-state index contributed by atoms with van der Waals surface area (Å²) in [6, 6.07) is 14.5. The van der Waals surface area contributed by atoms with Crippen LogP contribution >= 0.6 is 0 Å². The highest BCUT2D eigenvalue weighted by atomic mass is 16.2. The predicted molar refractivity (Wildman–Crippen MR) is 97.6 cm³/mol. The Morgan fingerprint density at radius 3 is 2.29 bits per heavy atom. The fourth-order valence-corrected chi connectivity index (χ4v) is 2.30. The van der Waals surface area contributed by atoms with Crippen molar-refractivity contribution < 1.29 is 9.59 Å². The molecule has 0 radical (unpaired) electrons. The van der Waals surface area contributed by atoms with E-state index in [4.69, 9.17) is 0 Å². The second-order valence-electron chi connectivity index (χ2n) is 6.07. The Balaban J connectivity index is 2.07. The largest absolute Gasteiger partial charge is 0.352 e. The van der Waals surface area contributed by atoms with Gasteiger partial charge in [0, 0.05) is 23.4 Å². The lowest BCUT2D eigenvalue weighted by Crippen LogP contribution is -2.24. The molecule has 2 amide bonds. The van der Waals surface area contributed by atoms with Crippen LogP contribution in [0.25, 0.3) is 0 Å². The summed E-state index contributed by atoms with van der Waals surface area (Å²) in [5.41, 5.74) is 2.94. The first-order valence-corrected chi connectivity index (χ1v) is 8.31. The van der Waals surface area contributed by atoms with Gasteiger partial charge in [-0.05, 0) is 48.2 Å². The van der Waals surface area contributed by atoms with Gasteiger partial charge in [0.15, 0.2) is 0 Å². The number of anilines is 1. The summed E-state index contributed by atoms with van der Waals surface area (Å²) in [5.74, 6) is 0.117. The highest BCUT2D eigenvalue weighted by Gasteiger charge is 2.09. The van der Waals surface area contributed by atoms with Gasteiger partial charge in [-0.25, -0.2) is 0 Å². The van der Waals surface area contributed by atoms with E-state index in [1.54, 1.807) is 24.3 Å². The molecule has 0 spiro atoms. The smallest absolute Gasteiger partial charge is 0.255 e. The second kappa shape index (κ2) is 8.29. The van der Waals surface area contributed by atoms with Gasteiger partial charge in [0.25, 0.3) is 11.8 Å². The lowest BCUT2D eigenvalue weighted by Gasteiger charge is -2.09. The highest BCUT2D eigenvalue weighted by molar-refractivity contribution is 6.05. The number of nitrogens with one attached hydrogen (secondary N) is 2. The van der Waals surface area contributed by atoms with Crippen LogP contribution in [-0.4, -0.2) is 18.4 Å². The van der Waals surface area contributed by atoms with Gasteiger partial charge in [-0.3, -0.25) is 9.59 Å². The molecule has 0 heterocycles. The molecule has 0 aliphatic rings. The summed E-state index contributed by atoms with van der Waals surface area (Å²) in [4.78, 5) is 24.3. The number of carbonyl (C=O) groups is 2. The van der Waals surface area contributed by atoms with E-state index in [1.165, 1.54) is 5.56 Å². The van der Waals surface area contributed by atoms with Crippen molar-refractivity contribution in [3.63, 3.8) is 0 Å². The van der Waals surface area contributed by atoms with E-state index in [0.717, 1.165) is 6.42 Å². The van der Waals surface area contributed by atoms with E-state index in [1.807, 2.05) is 31.2 Å². The standard InChI is InChI=1S/C20H24N2O2/c1-4-12-21-19(23)17-6-5-7-18(13-17)22-20(24)16-10-8-15(9-11-16)14(2)3/h5-11,13-14H,4,12H2,1-3H3,(H,21,23)(H,22,24). The van der Waals surface area contributed by atoms with Crippen LogP contribution in [0.5, 0.6) is 0 Å². The Bertz CT molecular complexity index is 706. The molecule has 126 valence electrons. The van der Waals surface area contributed by atoms with E-state index >= 15 is 0 Å². The molecule has 2 rings (SSSR count). The van der Waals surface area contributed by atoms with Crippen molar-refractivity contribution in [1.29, 1.82) is 0 Å². The molecule has 2 N–H and O–H groups in total. The maximum atomic E-state index is 12.3. The maximum absolute atomic E-state index is 12.3. The molecule has 0 aliphatic heterocycles. The van der Waals surface area contributed by atoms with Crippen LogP contribution in [0.3, 0.4) is 0 Å². The summed E-state index contributed by atoms with van der Waals surface area (Å²) < 4.78 is 0. The monoisotopic (exact) mass is 324 g/mol. The molecule has 24 heavy (non-hydrogen) atoms. The van der Waals surface area contributed by atoms with Gasteiger partial charge in [0.2, 0.25) is 0 Å². The van der Waals surface area contributed by atoms with Crippen molar-refractivity contribution in [2.24, 2.45) is 0 Å². The van der Waals surface area contributed by atoms with E-state index < -0.39 is 0 Å². The number of hydrogen-bond acceptors (Lipinski definition) is 2. The minimum Gasteiger partial charge on any atom is -0.352 e. The average molecular weight is 324 g/mol. The van der Waals surface area contributed by atoms with Gasteiger partial charge in [-0.15, -0.1) is 0 Å². The average Bonchev–Trinajstić information content (AvgIpc) is 2.60. The number of benzene rings is 2. The summed E-state index contributed by atoms with van der Waals surface area (Å²) in [6.45, 7) is 6.87. The van der Waals surface area contributed by atoms with Crippen LogP contribution in [0.15, 0.2) is 48.5 Å².